The maximum Gasteiger partial charge on any atom is 0.243 e. The summed E-state index contributed by atoms with van der Waals surface area (Å²) in [7, 11) is 1.62. The second-order valence-electron chi connectivity index (χ2n) is 6.10. The molecule has 3 rings (SSSR count). The SMILES string of the molecule is C=CC(=O)NCCCCNc1nc(COC)cc(Nc2nc3cccnc3s2)n1. The summed E-state index contributed by atoms with van der Waals surface area (Å²) in [6.45, 7) is 5.09. The van der Waals surface area contributed by atoms with Crippen LogP contribution in [0.3, 0.4) is 0 Å². The molecule has 0 saturated carbocycles. The standard InChI is InChI=1S/C19H23N7O2S/c1-3-16(27)20-8-4-5-9-22-18-23-13(12-28-2)11-15(25-18)26-19-24-14-7-6-10-21-17(14)29-19/h3,6-7,10-11H,1,4-5,8-9,12H2,2H3,(H,20,27)(H2,22,23,24,25,26). The Kier molecular flexibility index (Phi) is 7.42. The minimum Gasteiger partial charge on any atom is -0.378 e. The number of thiazole rings is 1. The lowest BCUT2D eigenvalue weighted by Crippen LogP contribution is -2.22. The lowest BCUT2D eigenvalue weighted by molar-refractivity contribution is -0.116. The number of pyridine rings is 1. The maximum atomic E-state index is 11.1. The number of hydrogen-bond acceptors (Lipinski definition) is 9. The summed E-state index contributed by atoms with van der Waals surface area (Å²) in [5.41, 5.74) is 1.60. The Balaban J connectivity index is 1.61. The van der Waals surface area contributed by atoms with E-state index in [2.05, 4.69) is 42.5 Å². The number of carbonyl (C=O) groups is 1. The van der Waals surface area contributed by atoms with E-state index in [1.807, 2.05) is 18.2 Å². The number of methoxy groups -OCH3 is 1. The van der Waals surface area contributed by atoms with Crippen LogP contribution < -0.4 is 16.0 Å². The third-order valence-electron chi connectivity index (χ3n) is 3.84. The maximum absolute atomic E-state index is 11.1. The number of carbonyl (C=O) groups excluding carboxylic acids is 1. The Morgan fingerprint density at radius 3 is 2.93 bits per heavy atom. The Hall–Kier alpha value is -3.11. The van der Waals surface area contributed by atoms with Gasteiger partial charge in [0.1, 0.15) is 16.2 Å². The Morgan fingerprint density at radius 2 is 2.14 bits per heavy atom. The molecule has 152 valence electrons. The van der Waals surface area contributed by atoms with Crippen molar-refractivity contribution >= 4 is 44.5 Å². The van der Waals surface area contributed by atoms with Gasteiger partial charge in [-0.3, -0.25) is 4.79 Å². The third-order valence-corrected chi connectivity index (χ3v) is 4.74. The summed E-state index contributed by atoms with van der Waals surface area (Å²) < 4.78 is 5.21. The van der Waals surface area contributed by atoms with Crippen molar-refractivity contribution in [2.75, 3.05) is 30.8 Å². The van der Waals surface area contributed by atoms with Crippen molar-refractivity contribution in [1.82, 2.24) is 25.3 Å². The molecule has 0 aromatic carbocycles. The van der Waals surface area contributed by atoms with Crippen molar-refractivity contribution in [2.24, 2.45) is 0 Å². The fourth-order valence-electron chi connectivity index (χ4n) is 2.53. The van der Waals surface area contributed by atoms with Crippen LogP contribution in [0, 0.1) is 0 Å². The van der Waals surface area contributed by atoms with Gasteiger partial charge in [0.25, 0.3) is 0 Å². The summed E-state index contributed by atoms with van der Waals surface area (Å²) in [5, 5.41) is 9.91. The smallest absolute Gasteiger partial charge is 0.243 e. The largest absolute Gasteiger partial charge is 0.378 e. The van der Waals surface area contributed by atoms with Crippen LogP contribution in [-0.4, -0.2) is 46.0 Å². The van der Waals surface area contributed by atoms with Gasteiger partial charge in [-0.2, -0.15) is 4.98 Å². The van der Waals surface area contributed by atoms with E-state index in [-0.39, 0.29) is 5.91 Å². The minimum absolute atomic E-state index is 0.158. The molecule has 0 saturated heterocycles. The van der Waals surface area contributed by atoms with Gasteiger partial charge < -0.3 is 20.7 Å². The molecule has 9 nitrogen and oxygen atoms in total. The number of ether oxygens (including phenoxy) is 1. The zero-order valence-corrected chi connectivity index (χ0v) is 17.0. The van der Waals surface area contributed by atoms with Crippen LogP contribution in [0.4, 0.5) is 16.9 Å². The predicted molar refractivity (Wildman–Crippen MR) is 114 cm³/mol. The highest BCUT2D eigenvalue weighted by atomic mass is 32.1. The first-order valence-electron chi connectivity index (χ1n) is 9.17. The number of unbranched alkanes of at least 4 members (excludes halogenated alkanes) is 1. The molecule has 0 aliphatic carbocycles. The van der Waals surface area contributed by atoms with Gasteiger partial charge in [0, 0.05) is 32.5 Å². The summed E-state index contributed by atoms with van der Waals surface area (Å²) in [6.07, 6.45) is 4.72. The van der Waals surface area contributed by atoms with Crippen LogP contribution in [0.5, 0.6) is 0 Å². The van der Waals surface area contributed by atoms with Gasteiger partial charge in [0.15, 0.2) is 5.13 Å². The molecule has 3 N–H and O–H groups in total. The number of anilines is 3. The first-order valence-corrected chi connectivity index (χ1v) is 9.99. The number of aromatic nitrogens is 4. The molecular weight excluding hydrogens is 390 g/mol. The van der Waals surface area contributed by atoms with Gasteiger partial charge in [-0.15, -0.1) is 0 Å². The van der Waals surface area contributed by atoms with E-state index in [9.17, 15) is 4.79 Å². The Morgan fingerprint density at radius 1 is 1.28 bits per heavy atom. The quantitative estimate of drug-likeness (QED) is 0.325. The van der Waals surface area contributed by atoms with E-state index in [0.29, 0.717) is 36.6 Å². The molecule has 0 spiro atoms. The molecule has 0 radical (unpaired) electrons. The molecule has 0 bridgehead atoms. The zero-order chi connectivity index (χ0) is 20.5. The van der Waals surface area contributed by atoms with Crippen molar-refractivity contribution in [2.45, 2.75) is 19.4 Å². The van der Waals surface area contributed by atoms with Crippen LogP contribution in [-0.2, 0) is 16.1 Å². The number of hydrogen-bond donors (Lipinski definition) is 3. The predicted octanol–water partition coefficient (Wildman–Crippen LogP) is 2.87. The van der Waals surface area contributed by atoms with Gasteiger partial charge >= 0.3 is 0 Å². The number of amides is 1. The molecule has 0 aliphatic heterocycles. The lowest BCUT2D eigenvalue weighted by atomic mass is 10.3. The van der Waals surface area contributed by atoms with E-state index >= 15 is 0 Å². The Bertz CT molecular complexity index is 943. The molecule has 3 aromatic rings. The first-order chi connectivity index (χ1) is 14.2. The highest BCUT2D eigenvalue weighted by Gasteiger charge is 2.09. The minimum atomic E-state index is -0.158. The monoisotopic (exact) mass is 413 g/mol. The van der Waals surface area contributed by atoms with Gasteiger partial charge in [-0.05, 0) is 31.1 Å². The summed E-state index contributed by atoms with van der Waals surface area (Å²) >= 11 is 1.46. The second kappa shape index (κ2) is 10.4. The Labute approximate surface area is 172 Å². The normalized spacial score (nSPS) is 10.7. The highest BCUT2D eigenvalue weighted by molar-refractivity contribution is 7.21. The topological polar surface area (TPSA) is 114 Å². The van der Waals surface area contributed by atoms with E-state index in [0.717, 1.165) is 28.9 Å². The molecule has 10 heteroatoms. The highest BCUT2D eigenvalue weighted by Crippen LogP contribution is 2.26. The number of nitrogens with zero attached hydrogens (tertiary/aromatic N) is 4. The molecule has 1 amide bonds. The van der Waals surface area contributed by atoms with Gasteiger partial charge in [0.2, 0.25) is 11.9 Å². The molecule has 3 heterocycles. The average molecular weight is 414 g/mol. The number of fused-ring (bicyclic) bond motifs is 1. The van der Waals surface area contributed by atoms with Crippen LogP contribution in [0.2, 0.25) is 0 Å². The number of rotatable bonds is 11. The number of nitrogens with one attached hydrogen (secondary N) is 3. The molecule has 0 fully saturated rings. The van der Waals surface area contributed by atoms with Gasteiger partial charge in [0.05, 0.1) is 12.3 Å². The van der Waals surface area contributed by atoms with Crippen molar-refractivity contribution < 1.29 is 9.53 Å². The van der Waals surface area contributed by atoms with Crippen LogP contribution in [0.1, 0.15) is 18.5 Å². The van der Waals surface area contributed by atoms with Crippen LogP contribution >= 0.6 is 11.3 Å². The van der Waals surface area contributed by atoms with Crippen molar-refractivity contribution in [3.63, 3.8) is 0 Å². The zero-order valence-electron chi connectivity index (χ0n) is 16.1. The van der Waals surface area contributed by atoms with Gasteiger partial charge in [-0.25, -0.2) is 15.0 Å². The van der Waals surface area contributed by atoms with E-state index in [4.69, 9.17) is 4.74 Å². The van der Waals surface area contributed by atoms with Crippen molar-refractivity contribution in [3.05, 3.63) is 42.7 Å². The van der Waals surface area contributed by atoms with Crippen molar-refractivity contribution in [1.29, 1.82) is 0 Å². The van der Waals surface area contributed by atoms with E-state index in [1.165, 1.54) is 17.4 Å². The first kappa shape index (κ1) is 20.6. The fourth-order valence-corrected chi connectivity index (χ4v) is 3.34. The average Bonchev–Trinajstić information content (AvgIpc) is 3.12. The second-order valence-corrected chi connectivity index (χ2v) is 7.08. The molecule has 0 unspecified atom stereocenters. The van der Waals surface area contributed by atoms with E-state index < -0.39 is 0 Å². The van der Waals surface area contributed by atoms with Crippen LogP contribution in [0.25, 0.3) is 10.3 Å². The van der Waals surface area contributed by atoms with Crippen molar-refractivity contribution in [3.8, 4) is 0 Å². The lowest BCUT2D eigenvalue weighted by Gasteiger charge is -2.10. The third kappa shape index (κ3) is 6.19. The molecule has 3 aromatic heterocycles. The van der Waals surface area contributed by atoms with E-state index in [1.54, 1.807) is 13.3 Å². The molecular formula is C19H23N7O2S. The molecule has 0 aliphatic rings. The van der Waals surface area contributed by atoms with Crippen LogP contribution in [0.15, 0.2) is 37.1 Å². The van der Waals surface area contributed by atoms with Gasteiger partial charge in [-0.1, -0.05) is 17.9 Å². The molecule has 29 heavy (non-hydrogen) atoms. The molecule has 0 atom stereocenters. The summed E-state index contributed by atoms with van der Waals surface area (Å²) in [5.74, 6) is 0.984. The summed E-state index contributed by atoms with van der Waals surface area (Å²) in [6, 6.07) is 5.61. The fraction of sp³-hybridized carbons (Fsp3) is 0.316. The summed E-state index contributed by atoms with van der Waals surface area (Å²) in [4.78, 5) is 29.8.